The zero-order chi connectivity index (χ0) is 14.5. The Bertz CT molecular complexity index is 502. The van der Waals surface area contributed by atoms with Crippen molar-refractivity contribution in [3.05, 3.63) is 45.8 Å². The standard InChI is InChI=1S/C14H16Cl2N2OS/c1-2-20-17-11-5-7-18(8-6-11)14(19)10-3-4-12(15)13(16)9-10/h2-4,9,11,17H,1,5-8H2. The van der Waals surface area contributed by atoms with E-state index in [-0.39, 0.29) is 5.91 Å². The molecular weight excluding hydrogens is 315 g/mol. The largest absolute Gasteiger partial charge is 0.339 e. The van der Waals surface area contributed by atoms with Crippen LogP contribution in [0, 0.1) is 0 Å². The zero-order valence-corrected chi connectivity index (χ0v) is 13.3. The highest BCUT2D eigenvalue weighted by atomic mass is 35.5. The quantitative estimate of drug-likeness (QED) is 0.847. The van der Waals surface area contributed by atoms with Crippen LogP contribution in [0.1, 0.15) is 23.2 Å². The fourth-order valence-electron chi connectivity index (χ4n) is 2.16. The molecule has 0 unspecified atom stereocenters. The molecule has 0 bridgehead atoms. The first-order chi connectivity index (χ1) is 9.61. The van der Waals surface area contributed by atoms with Gasteiger partial charge in [0, 0.05) is 24.7 Å². The number of piperidine rings is 1. The Kier molecular flexibility index (Phi) is 5.78. The van der Waals surface area contributed by atoms with Gasteiger partial charge in [-0.15, -0.1) is 0 Å². The third-order valence-electron chi connectivity index (χ3n) is 3.27. The van der Waals surface area contributed by atoms with E-state index in [0.717, 1.165) is 25.9 Å². The number of nitrogens with zero attached hydrogens (tertiary/aromatic N) is 1. The molecule has 3 nitrogen and oxygen atoms in total. The van der Waals surface area contributed by atoms with Gasteiger partial charge in [-0.05, 0) is 36.4 Å². The highest BCUT2D eigenvalue weighted by molar-refractivity contribution is 8.00. The number of hydrogen-bond acceptors (Lipinski definition) is 3. The van der Waals surface area contributed by atoms with E-state index in [4.69, 9.17) is 23.2 Å². The Labute approximate surface area is 133 Å². The Morgan fingerprint density at radius 1 is 1.35 bits per heavy atom. The van der Waals surface area contributed by atoms with Gasteiger partial charge in [-0.3, -0.25) is 9.52 Å². The summed E-state index contributed by atoms with van der Waals surface area (Å²) in [6, 6.07) is 5.43. The average Bonchev–Trinajstić information content (AvgIpc) is 2.48. The van der Waals surface area contributed by atoms with Crippen molar-refractivity contribution >= 4 is 41.1 Å². The number of hydrogen-bond donors (Lipinski definition) is 1. The molecule has 1 N–H and O–H groups in total. The van der Waals surface area contributed by atoms with Gasteiger partial charge in [0.15, 0.2) is 0 Å². The molecule has 0 saturated carbocycles. The van der Waals surface area contributed by atoms with E-state index >= 15 is 0 Å². The fourth-order valence-corrected chi connectivity index (χ4v) is 2.98. The maximum absolute atomic E-state index is 12.4. The molecule has 1 aliphatic rings. The first-order valence-corrected chi connectivity index (χ1v) is 8.02. The van der Waals surface area contributed by atoms with Crippen LogP contribution in [-0.4, -0.2) is 29.9 Å². The highest BCUT2D eigenvalue weighted by Crippen LogP contribution is 2.24. The lowest BCUT2D eigenvalue weighted by Crippen LogP contribution is -2.43. The monoisotopic (exact) mass is 330 g/mol. The van der Waals surface area contributed by atoms with Gasteiger partial charge in [0.25, 0.3) is 5.91 Å². The van der Waals surface area contributed by atoms with Crippen molar-refractivity contribution in [2.75, 3.05) is 13.1 Å². The van der Waals surface area contributed by atoms with E-state index in [2.05, 4.69) is 11.3 Å². The molecule has 0 radical (unpaired) electrons. The molecular formula is C14H16Cl2N2OS. The molecule has 1 amide bonds. The number of rotatable bonds is 4. The van der Waals surface area contributed by atoms with Crippen LogP contribution in [0.4, 0.5) is 0 Å². The molecule has 0 atom stereocenters. The predicted octanol–water partition coefficient (Wildman–Crippen LogP) is 3.98. The first-order valence-electron chi connectivity index (χ1n) is 6.38. The molecule has 1 aromatic carbocycles. The van der Waals surface area contributed by atoms with Crippen LogP contribution in [0.25, 0.3) is 0 Å². The molecule has 6 heteroatoms. The average molecular weight is 331 g/mol. The van der Waals surface area contributed by atoms with Crippen molar-refractivity contribution in [2.45, 2.75) is 18.9 Å². The topological polar surface area (TPSA) is 32.3 Å². The number of carbonyl (C=O) groups is 1. The summed E-state index contributed by atoms with van der Waals surface area (Å²) in [7, 11) is 0. The Morgan fingerprint density at radius 3 is 2.65 bits per heavy atom. The third-order valence-corrected chi connectivity index (χ3v) is 4.64. The highest BCUT2D eigenvalue weighted by Gasteiger charge is 2.23. The van der Waals surface area contributed by atoms with Crippen LogP contribution < -0.4 is 4.72 Å². The van der Waals surface area contributed by atoms with E-state index in [1.807, 2.05) is 4.90 Å². The summed E-state index contributed by atoms with van der Waals surface area (Å²) in [5.41, 5.74) is 0.589. The maximum Gasteiger partial charge on any atom is 0.253 e. The van der Waals surface area contributed by atoms with Crippen molar-refractivity contribution in [3.8, 4) is 0 Å². The molecule has 108 valence electrons. The third kappa shape index (κ3) is 3.92. The summed E-state index contributed by atoms with van der Waals surface area (Å²) >= 11 is 13.3. The predicted molar refractivity (Wildman–Crippen MR) is 86.3 cm³/mol. The molecule has 1 heterocycles. The molecule has 0 spiro atoms. The molecule has 1 saturated heterocycles. The van der Waals surface area contributed by atoms with E-state index in [1.54, 1.807) is 23.6 Å². The second kappa shape index (κ2) is 7.36. The van der Waals surface area contributed by atoms with Crippen molar-refractivity contribution < 1.29 is 4.79 Å². The lowest BCUT2D eigenvalue weighted by atomic mass is 10.0. The minimum atomic E-state index is 0.0124. The van der Waals surface area contributed by atoms with Gasteiger partial charge in [0.2, 0.25) is 0 Å². The Balaban J connectivity index is 1.94. The van der Waals surface area contributed by atoms with Gasteiger partial charge in [-0.25, -0.2) is 0 Å². The van der Waals surface area contributed by atoms with Crippen molar-refractivity contribution in [3.63, 3.8) is 0 Å². The first kappa shape index (κ1) is 15.7. The van der Waals surface area contributed by atoms with Crippen LogP contribution in [0.15, 0.2) is 30.2 Å². The smallest absolute Gasteiger partial charge is 0.253 e. The number of likely N-dealkylation sites (tertiary alicyclic amines) is 1. The van der Waals surface area contributed by atoms with E-state index in [9.17, 15) is 4.79 Å². The maximum atomic E-state index is 12.4. The van der Waals surface area contributed by atoms with Crippen LogP contribution in [0.2, 0.25) is 10.0 Å². The molecule has 0 aliphatic carbocycles. The van der Waals surface area contributed by atoms with Crippen molar-refractivity contribution in [2.24, 2.45) is 0 Å². The normalized spacial score (nSPS) is 16.2. The second-order valence-electron chi connectivity index (χ2n) is 4.60. The lowest BCUT2D eigenvalue weighted by molar-refractivity contribution is 0.0712. The van der Waals surface area contributed by atoms with E-state index in [1.165, 1.54) is 11.9 Å². The summed E-state index contributed by atoms with van der Waals surface area (Å²) in [6.07, 6.45) is 1.88. The van der Waals surface area contributed by atoms with Gasteiger partial charge in [0.05, 0.1) is 10.0 Å². The Morgan fingerprint density at radius 2 is 2.05 bits per heavy atom. The Hall–Kier alpha value is -0.680. The minimum Gasteiger partial charge on any atom is -0.339 e. The number of benzene rings is 1. The summed E-state index contributed by atoms with van der Waals surface area (Å²) in [4.78, 5) is 14.2. The van der Waals surface area contributed by atoms with Crippen LogP contribution in [0.3, 0.4) is 0 Å². The van der Waals surface area contributed by atoms with Crippen LogP contribution in [-0.2, 0) is 0 Å². The SMILES string of the molecule is C=CSNC1CCN(C(=O)c2ccc(Cl)c(Cl)c2)CC1. The van der Waals surface area contributed by atoms with Crippen LogP contribution in [0.5, 0.6) is 0 Å². The molecule has 1 fully saturated rings. The second-order valence-corrected chi connectivity index (χ2v) is 6.22. The minimum absolute atomic E-state index is 0.0124. The molecule has 2 rings (SSSR count). The van der Waals surface area contributed by atoms with E-state index < -0.39 is 0 Å². The number of amides is 1. The van der Waals surface area contributed by atoms with Crippen molar-refractivity contribution in [1.82, 2.24) is 9.62 Å². The van der Waals surface area contributed by atoms with Crippen LogP contribution >= 0.6 is 35.1 Å². The number of nitrogens with one attached hydrogen (secondary N) is 1. The molecule has 20 heavy (non-hydrogen) atoms. The summed E-state index contributed by atoms with van der Waals surface area (Å²) in [5, 5.41) is 2.65. The van der Waals surface area contributed by atoms with Gasteiger partial charge in [-0.1, -0.05) is 41.7 Å². The summed E-state index contributed by atoms with van der Waals surface area (Å²) in [6.45, 7) is 5.14. The van der Waals surface area contributed by atoms with Crippen molar-refractivity contribution in [1.29, 1.82) is 0 Å². The lowest BCUT2D eigenvalue weighted by Gasteiger charge is -2.32. The molecule has 1 aromatic rings. The van der Waals surface area contributed by atoms with Gasteiger partial charge >= 0.3 is 0 Å². The number of carbonyl (C=O) groups excluding carboxylic acids is 1. The summed E-state index contributed by atoms with van der Waals surface area (Å²) in [5.74, 6) is 0.0124. The number of halogens is 2. The molecule has 1 aliphatic heterocycles. The zero-order valence-electron chi connectivity index (χ0n) is 10.9. The van der Waals surface area contributed by atoms with E-state index in [0.29, 0.717) is 21.7 Å². The summed E-state index contributed by atoms with van der Waals surface area (Å²) < 4.78 is 3.31. The van der Waals surface area contributed by atoms with Gasteiger partial charge in [0.1, 0.15) is 0 Å². The molecule has 0 aromatic heterocycles. The van der Waals surface area contributed by atoms with Gasteiger partial charge in [-0.2, -0.15) is 0 Å². The van der Waals surface area contributed by atoms with Gasteiger partial charge < -0.3 is 4.90 Å². The fraction of sp³-hybridized carbons (Fsp3) is 0.357.